The zero-order valence-corrected chi connectivity index (χ0v) is 17.2. The minimum atomic E-state index is -0.265. The van der Waals surface area contributed by atoms with Crippen molar-refractivity contribution in [3.63, 3.8) is 0 Å². The van der Waals surface area contributed by atoms with Gasteiger partial charge in [-0.05, 0) is 68.4 Å². The van der Waals surface area contributed by atoms with Crippen LogP contribution in [-0.4, -0.2) is 25.5 Å². The first-order valence-electron chi connectivity index (χ1n) is 9.60. The molecule has 0 saturated heterocycles. The van der Waals surface area contributed by atoms with Crippen LogP contribution in [0.2, 0.25) is 0 Å². The van der Waals surface area contributed by atoms with Gasteiger partial charge < -0.3 is 20.1 Å². The molecule has 0 aliphatic heterocycles. The number of amides is 2. The molecule has 0 heterocycles. The Morgan fingerprint density at radius 3 is 2.27 bits per heavy atom. The predicted octanol–water partition coefficient (Wildman–Crippen LogP) is 4.91. The van der Waals surface area contributed by atoms with Crippen molar-refractivity contribution in [1.29, 1.82) is 0 Å². The molecular formula is C24H24N2O4. The number of rotatable bonds is 7. The van der Waals surface area contributed by atoms with Crippen molar-refractivity contribution in [2.45, 2.75) is 13.8 Å². The average molecular weight is 404 g/mol. The summed E-state index contributed by atoms with van der Waals surface area (Å²) in [6, 6.07) is 19.3. The van der Waals surface area contributed by atoms with Gasteiger partial charge in [0.05, 0.1) is 19.4 Å². The Morgan fingerprint density at radius 2 is 1.60 bits per heavy atom. The monoisotopic (exact) mass is 404 g/mol. The van der Waals surface area contributed by atoms with E-state index in [1.54, 1.807) is 54.6 Å². The van der Waals surface area contributed by atoms with E-state index in [4.69, 9.17) is 9.47 Å². The third-order valence-electron chi connectivity index (χ3n) is 4.41. The molecule has 0 bridgehead atoms. The number of hydrogen-bond donors (Lipinski definition) is 2. The molecular weight excluding hydrogens is 380 g/mol. The number of benzene rings is 3. The molecule has 2 N–H and O–H groups in total. The first-order chi connectivity index (χ1) is 14.5. The third kappa shape index (κ3) is 5.17. The van der Waals surface area contributed by atoms with Crippen molar-refractivity contribution in [3.8, 4) is 11.5 Å². The smallest absolute Gasteiger partial charge is 0.255 e. The number of nitrogens with one attached hydrogen (secondary N) is 2. The van der Waals surface area contributed by atoms with Gasteiger partial charge in [0.15, 0.2) is 0 Å². The van der Waals surface area contributed by atoms with Gasteiger partial charge in [0, 0.05) is 16.8 Å². The van der Waals surface area contributed by atoms with Crippen LogP contribution in [0, 0.1) is 6.92 Å². The quantitative estimate of drug-likeness (QED) is 0.587. The lowest BCUT2D eigenvalue weighted by Gasteiger charge is -2.13. The second-order valence-electron chi connectivity index (χ2n) is 6.65. The van der Waals surface area contributed by atoms with Gasteiger partial charge in [-0.15, -0.1) is 0 Å². The Hall–Kier alpha value is -3.80. The number of methoxy groups -OCH3 is 1. The average Bonchev–Trinajstić information content (AvgIpc) is 2.74. The second kappa shape index (κ2) is 9.60. The summed E-state index contributed by atoms with van der Waals surface area (Å²) in [5.74, 6) is 0.681. The van der Waals surface area contributed by atoms with Gasteiger partial charge >= 0.3 is 0 Å². The van der Waals surface area contributed by atoms with E-state index in [-0.39, 0.29) is 11.8 Å². The van der Waals surface area contributed by atoms with Crippen molar-refractivity contribution in [3.05, 3.63) is 83.4 Å². The van der Waals surface area contributed by atoms with Crippen molar-refractivity contribution in [2.24, 2.45) is 0 Å². The summed E-state index contributed by atoms with van der Waals surface area (Å²) in [5.41, 5.74) is 3.04. The van der Waals surface area contributed by atoms with E-state index < -0.39 is 0 Å². The third-order valence-corrected chi connectivity index (χ3v) is 4.41. The van der Waals surface area contributed by atoms with Gasteiger partial charge in [-0.1, -0.05) is 17.7 Å². The van der Waals surface area contributed by atoms with E-state index in [2.05, 4.69) is 10.6 Å². The van der Waals surface area contributed by atoms with Gasteiger partial charge in [-0.2, -0.15) is 0 Å². The molecule has 3 aromatic rings. The Labute approximate surface area is 175 Å². The molecule has 0 unspecified atom stereocenters. The Morgan fingerprint density at radius 1 is 0.867 bits per heavy atom. The number of aryl methyl sites for hydroxylation is 1. The molecule has 3 aromatic carbocycles. The first kappa shape index (κ1) is 20.9. The minimum absolute atomic E-state index is 0.257. The van der Waals surface area contributed by atoms with Crippen LogP contribution < -0.4 is 20.1 Å². The van der Waals surface area contributed by atoms with E-state index in [9.17, 15) is 9.59 Å². The fourth-order valence-corrected chi connectivity index (χ4v) is 2.94. The molecule has 30 heavy (non-hydrogen) atoms. The first-order valence-corrected chi connectivity index (χ1v) is 9.60. The molecule has 0 atom stereocenters. The standard InChI is InChI=1S/C24H24N2O4/c1-4-30-20-11-8-17(9-12-20)23(27)25-19-10-13-22(29-3)21(15-19)26-24(28)18-7-5-6-16(2)14-18/h5-15H,4H2,1-3H3,(H,25,27)(H,26,28). The second-order valence-corrected chi connectivity index (χ2v) is 6.65. The fourth-order valence-electron chi connectivity index (χ4n) is 2.94. The minimum Gasteiger partial charge on any atom is -0.495 e. The molecule has 0 aliphatic carbocycles. The summed E-state index contributed by atoms with van der Waals surface area (Å²) in [7, 11) is 1.52. The molecule has 0 fully saturated rings. The molecule has 6 heteroatoms. The Bertz CT molecular complexity index is 1050. The Balaban J connectivity index is 1.76. The zero-order valence-electron chi connectivity index (χ0n) is 17.2. The fraction of sp³-hybridized carbons (Fsp3) is 0.167. The summed E-state index contributed by atoms with van der Waals surface area (Å²) in [6.07, 6.45) is 0. The van der Waals surface area contributed by atoms with Gasteiger partial charge in [0.25, 0.3) is 11.8 Å². The summed E-state index contributed by atoms with van der Waals surface area (Å²) in [4.78, 5) is 25.2. The number of anilines is 2. The van der Waals surface area contributed by atoms with Crippen LogP contribution in [0.1, 0.15) is 33.2 Å². The predicted molar refractivity (Wildman–Crippen MR) is 118 cm³/mol. The van der Waals surface area contributed by atoms with Crippen molar-refractivity contribution in [1.82, 2.24) is 0 Å². The summed E-state index contributed by atoms with van der Waals surface area (Å²) < 4.78 is 10.7. The number of hydrogen-bond acceptors (Lipinski definition) is 4. The van der Waals surface area contributed by atoms with Crippen LogP contribution in [0.4, 0.5) is 11.4 Å². The van der Waals surface area contributed by atoms with Crippen LogP contribution in [0.25, 0.3) is 0 Å². The number of carbonyl (C=O) groups is 2. The highest BCUT2D eigenvalue weighted by Crippen LogP contribution is 2.29. The molecule has 0 aliphatic rings. The van der Waals surface area contributed by atoms with E-state index in [0.717, 1.165) is 5.56 Å². The van der Waals surface area contributed by atoms with Crippen LogP contribution in [0.3, 0.4) is 0 Å². The molecule has 0 radical (unpaired) electrons. The maximum Gasteiger partial charge on any atom is 0.255 e. The lowest BCUT2D eigenvalue weighted by molar-refractivity contribution is 0.101. The van der Waals surface area contributed by atoms with Crippen molar-refractivity contribution < 1.29 is 19.1 Å². The summed E-state index contributed by atoms with van der Waals surface area (Å²) in [5, 5.41) is 5.69. The maximum absolute atomic E-state index is 12.6. The molecule has 154 valence electrons. The largest absolute Gasteiger partial charge is 0.495 e. The lowest BCUT2D eigenvalue weighted by Crippen LogP contribution is -2.14. The normalized spacial score (nSPS) is 10.2. The van der Waals surface area contributed by atoms with Crippen molar-refractivity contribution in [2.75, 3.05) is 24.4 Å². The molecule has 0 spiro atoms. The highest BCUT2D eigenvalue weighted by molar-refractivity contribution is 6.07. The Kier molecular flexibility index (Phi) is 6.70. The van der Waals surface area contributed by atoms with E-state index >= 15 is 0 Å². The van der Waals surface area contributed by atoms with Crippen LogP contribution in [0.15, 0.2) is 66.7 Å². The van der Waals surface area contributed by atoms with Gasteiger partial charge in [0.2, 0.25) is 0 Å². The van der Waals surface area contributed by atoms with Crippen LogP contribution in [-0.2, 0) is 0 Å². The topological polar surface area (TPSA) is 76.7 Å². The summed E-state index contributed by atoms with van der Waals surface area (Å²) >= 11 is 0. The van der Waals surface area contributed by atoms with Crippen LogP contribution >= 0.6 is 0 Å². The molecule has 3 rings (SSSR count). The zero-order chi connectivity index (χ0) is 21.5. The van der Waals surface area contributed by atoms with E-state index in [1.165, 1.54) is 7.11 Å². The van der Waals surface area contributed by atoms with Gasteiger partial charge in [0.1, 0.15) is 11.5 Å². The molecule has 6 nitrogen and oxygen atoms in total. The van der Waals surface area contributed by atoms with Crippen molar-refractivity contribution >= 4 is 23.2 Å². The van der Waals surface area contributed by atoms with Gasteiger partial charge in [-0.25, -0.2) is 0 Å². The number of ether oxygens (including phenoxy) is 2. The number of carbonyl (C=O) groups excluding carboxylic acids is 2. The molecule has 2 amide bonds. The molecule has 0 saturated carbocycles. The molecule has 0 aromatic heterocycles. The van der Waals surface area contributed by atoms with E-state index in [0.29, 0.717) is 40.6 Å². The van der Waals surface area contributed by atoms with Gasteiger partial charge in [-0.3, -0.25) is 9.59 Å². The maximum atomic E-state index is 12.6. The SMILES string of the molecule is CCOc1ccc(C(=O)Nc2ccc(OC)c(NC(=O)c3cccc(C)c3)c2)cc1. The van der Waals surface area contributed by atoms with E-state index in [1.807, 2.05) is 26.0 Å². The van der Waals surface area contributed by atoms with Crippen LogP contribution in [0.5, 0.6) is 11.5 Å². The highest BCUT2D eigenvalue weighted by Gasteiger charge is 2.13. The lowest BCUT2D eigenvalue weighted by atomic mass is 10.1. The highest BCUT2D eigenvalue weighted by atomic mass is 16.5. The summed E-state index contributed by atoms with van der Waals surface area (Å²) in [6.45, 7) is 4.39.